The molecule has 0 saturated heterocycles. The van der Waals surface area contributed by atoms with Crippen LogP contribution < -0.4 is 0 Å². The number of rotatable bonds is 2. The number of carbonyl (C=O) groups excluding carboxylic acids is 1. The maximum absolute atomic E-state index is 12.7. The second-order valence-electron chi connectivity index (χ2n) is 6.54. The fraction of sp³-hybridized carbons (Fsp3) is 0.182. The predicted octanol–water partition coefficient (Wildman–Crippen LogP) is 4.26. The number of aromatic nitrogens is 1. The highest BCUT2D eigenvalue weighted by Gasteiger charge is 2.22. The molecular formula is C22H20N2O. The van der Waals surface area contributed by atoms with Gasteiger partial charge in [0.2, 0.25) is 0 Å². The van der Waals surface area contributed by atoms with Crippen LogP contribution in [0.3, 0.4) is 0 Å². The molecule has 2 aromatic carbocycles. The van der Waals surface area contributed by atoms with Crippen LogP contribution in [0.2, 0.25) is 0 Å². The van der Waals surface area contributed by atoms with Gasteiger partial charge in [-0.3, -0.25) is 9.78 Å². The van der Waals surface area contributed by atoms with Crippen molar-refractivity contribution >= 4 is 5.91 Å². The first kappa shape index (κ1) is 15.6. The van der Waals surface area contributed by atoms with Crippen LogP contribution in [0.4, 0.5) is 0 Å². The quantitative estimate of drug-likeness (QED) is 0.704. The molecule has 0 unspecified atom stereocenters. The summed E-state index contributed by atoms with van der Waals surface area (Å²) < 4.78 is 0. The number of amides is 1. The number of hydrogen-bond donors (Lipinski definition) is 0. The fourth-order valence-electron chi connectivity index (χ4n) is 3.31. The number of hydrogen-bond acceptors (Lipinski definition) is 2. The third kappa shape index (κ3) is 3.18. The molecule has 0 fully saturated rings. The Labute approximate surface area is 148 Å². The van der Waals surface area contributed by atoms with Gasteiger partial charge < -0.3 is 4.90 Å². The van der Waals surface area contributed by atoms with Crippen molar-refractivity contribution in [3.63, 3.8) is 0 Å². The molecule has 0 saturated carbocycles. The van der Waals surface area contributed by atoms with Crippen LogP contribution in [-0.4, -0.2) is 22.3 Å². The lowest BCUT2D eigenvalue weighted by atomic mass is 9.94. The number of fused-ring (bicyclic) bond motifs is 1. The van der Waals surface area contributed by atoms with Crippen LogP contribution >= 0.6 is 0 Å². The van der Waals surface area contributed by atoms with Crippen LogP contribution in [0.5, 0.6) is 0 Å². The lowest BCUT2D eigenvalue weighted by Gasteiger charge is -2.29. The number of aryl methyl sites for hydroxylation is 1. The highest BCUT2D eigenvalue weighted by atomic mass is 16.2. The van der Waals surface area contributed by atoms with Crippen molar-refractivity contribution in [2.24, 2.45) is 0 Å². The van der Waals surface area contributed by atoms with E-state index in [1.165, 1.54) is 27.8 Å². The van der Waals surface area contributed by atoms with Gasteiger partial charge in [0.15, 0.2) is 0 Å². The summed E-state index contributed by atoms with van der Waals surface area (Å²) in [4.78, 5) is 18.7. The molecule has 1 aliphatic rings. The summed E-state index contributed by atoms with van der Waals surface area (Å²) in [7, 11) is 0. The summed E-state index contributed by atoms with van der Waals surface area (Å²) >= 11 is 0. The van der Waals surface area contributed by atoms with Gasteiger partial charge in [-0.05, 0) is 53.8 Å². The average molecular weight is 328 g/mol. The first-order valence-electron chi connectivity index (χ1n) is 8.60. The van der Waals surface area contributed by atoms with Gasteiger partial charge >= 0.3 is 0 Å². The Balaban J connectivity index is 1.60. The van der Waals surface area contributed by atoms with E-state index in [9.17, 15) is 4.79 Å². The molecule has 2 heterocycles. The van der Waals surface area contributed by atoms with E-state index in [1.54, 1.807) is 12.3 Å². The molecule has 1 aromatic heterocycles. The van der Waals surface area contributed by atoms with Crippen molar-refractivity contribution in [2.75, 3.05) is 6.54 Å². The first-order chi connectivity index (χ1) is 12.2. The molecule has 0 spiro atoms. The molecule has 0 aliphatic carbocycles. The Morgan fingerprint density at radius 1 is 0.960 bits per heavy atom. The standard InChI is InChI=1S/C22H20N2O/c1-16-5-7-17(8-6-16)19-10-9-18-11-13-24(15-20(18)14-19)22(25)21-4-2-3-12-23-21/h2-10,12,14H,11,13,15H2,1H3. The van der Waals surface area contributed by atoms with E-state index in [4.69, 9.17) is 0 Å². The molecule has 0 N–H and O–H groups in total. The van der Waals surface area contributed by atoms with Crippen molar-refractivity contribution in [1.29, 1.82) is 0 Å². The van der Waals surface area contributed by atoms with Crippen molar-refractivity contribution in [3.8, 4) is 11.1 Å². The molecular weight excluding hydrogens is 308 g/mol. The molecule has 0 radical (unpaired) electrons. The predicted molar refractivity (Wildman–Crippen MR) is 99.3 cm³/mol. The van der Waals surface area contributed by atoms with E-state index in [2.05, 4.69) is 54.4 Å². The fourth-order valence-corrected chi connectivity index (χ4v) is 3.31. The van der Waals surface area contributed by atoms with Crippen LogP contribution in [0.1, 0.15) is 27.2 Å². The molecule has 124 valence electrons. The van der Waals surface area contributed by atoms with E-state index in [0.717, 1.165) is 13.0 Å². The van der Waals surface area contributed by atoms with Gasteiger partial charge in [-0.1, -0.05) is 48.0 Å². The highest BCUT2D eigenvalue weighted by molar-refractivity contribution is 5.92. The molecule has 4 rings (SSSR count). The smallest absolute Gasteiger partial charge is 0.272 e. The SMILES string of the molecule is Cc1ccc(-c2ccc3c(c2)CN(C(=O)c2ccccn2)CC3)cc1. The van der Waals surface area contributed by atoms with Crippen molar-refractivity contribution in [3.05, 3.63) is 89.2 Å². The molecule has 3 nitrogen and oxygen atoms in total. The van der Waals surface area contributed by atoms with Gasteiger partial charge in [0.05, 0.1) is 0 Å². The third-order valence-corrected chi connectivity index (χ3v) is 4.77. The molecule has 3 heteroatoms. The van der Waals surface area contributed by atoms with Crippen LogP contribution in [0.15, 0.2) is 66.9 Å². The van der Waals surface area contributed by atoms with Gasteiger partial charge in [-0.25, -0.2) is 0 Å². The number of nitrogens with zero attached hydrogens (tertiary/aromatic N) is 2. The van der Waals surface area contributed by atoms with E-state index >= 15 is 0 Å². The largest absolute Gasteiger partial charge is 0.333 e. The second kappa shape index (κ2) is 6.52. The van der Waals surface area contributed by atoms with Gasteiger partial charge in [-0.2, -0.15) is 0 Å². The van der Waals surface area contributed by atoms with Gasteiger partial charge in [0.1, 0.15) is 5.69 Å². The Kier molecular flexibility index (Phi) is 4.06. The van der Waals surface area contributed by atoms with E-state index < -0.39 is 0 Å². The lowest BCUT2D eigenvalue weighted by Crippen LogP contribution is -2.36. The zero-order valence-electron chi connectivity index (χ0n) is 14.3. The second-order valence-corrected chi connectivity index (χ2v) is 6.54. The van der Waals surface area contributed by atoms with E-state index in [0.29, 0.717) is 12.2 Å². The summed E-state index contributed by atoms with van der Waals surface area (Å²) in [6, 6.07) is 20.6. The summed E-state index contributed by atoms with van der Waals surface area (Å²) in [6.07, 6.45) is 2.56. The van der Waals surface area contributed by atoms with Crippen molar-refractivity contribution in [2.45, 2.75) is 19.9 Å². The first-order valence-corrected chi connectivity index (χ1v) is 8.60. The topological polar surface area (TPSA) is 33.2 Å². The van der Waals surface area contributed by atoms with Crippen molar-refractivity contribution in [1.82, 2.24) is 9.88 Å². The summed E-state index contributed by atoms with van der Waals surface area (Å²) in [5.74, 6) is 0.00647. The van der Waals surface area contributed by atoms with Gasteiger partial charge in [0, 0.05) is 19.3 Å². The minimum absolute atomic E-state index is 0.00647. The zero-order valence-corrected chi connectivity index (χ0v) is 14.3. The Bertz CT molecular complexity index is 901. The summed E-state index contributed by atoms with van der Waals surface area (Å²) in [5, 5.41) is 0. The third-order valence-electron chi connectivity index (χ3n) is 4.77. The minimum atomic E-state index is 0.00647. The normalized spacial score (nSPS) is 13.4. The van der Waals surface area contributed by atoms with Gasteiger partial charge in [0.25, 0.3) is 5.91 Å². The zero-order chi connectivity index (χ0) is 17.2. The van der Waals surface area contributed by atoms with E-state index in [-0.39, 0.29) is 5.91 Å². The van der Waals surface area contributed by atoms with Crippen LogP contribution in [-0.2, 0) is 13.0 Å². The molecule has 0 atom stereocenters. The van der Waals surface area contributed by atoms with Gasteiger partial charge in [-0.15, -0.1) is 0 Å². The van der Waals surface area contributed by atoms with Crippen LogP contribution in [0.25, 0.3) is 11.1 Å². The molecule has 0 bridgehead atoms. The summed E-state index contributed by atoms with van der Waals surface area (Å²) in [6.45, 7) is 3.48. The number of carbonyl (C=O) groups is 1. The minimum Gasteiger partial charge on any atom is -0.333 e. The molecule has 1 amide bonds. The Morgan fingerprint density at radius 2 is 1.76 bits per heavy atom. The molecule has 1 aliphatic heterocycles. The Morgan fingerprint density at radius 3 is 2.52 bits per heavy atom. The summed E-state index contributed by atoms with van der Waals surface area (Å²) in [5.41, 5.74) is 6.75. The van der Waals surface area contributed by atoms with E-state index in [1.807, 2.05) is 17.0 Å². The maximum atomic E-state index is 12.7. The number of pyridine rings is 1. The average Bonchev–Trinajstić information content (AvgIpc) is 2.68. The van der Waals surface area contributed by atoms with Crippen LogP contribution in [0, 0.1) is 6.92 Å². The molecule has 3 aromatic rings. The monoisotopic (exact) mass is 328 g/mol. The maximum Gasteiger partial charge on any atom is 0.272 e. The Hall–Kier alpha value is -2.94. The van der Waals surface area contributed by atoms with Crippen molar-refractivity contribution < 1.29 is 4.79 Å². The lowest BCUT2D eigenvalue weighted by molar-refractivity contribution is 0.0729. The number of benzene rings is 2. The highest BCUT2D eigenvalue weighted by Crippen LogP contribution is 2.27. The molecule has 25 heavy (non-hydrogen) atoms.